The van der Waals surface area contributed by atoms with Crippen LogP contribution in [0.4, 0.5) is 5.69 Å². The molecule has 1 unspecified atom stereocenters. The number of aliphatic hydroxyl groups excluding tert-OH is 1. The van der Waals surface area contributed by atoms with Crippen LogP contribution in [0.15, 0.2) is 23.1 Å². The predicted octanol–water partition coefficient (Wildman–Crippen LogP) is 3.10. The molecule has 0 spiro atoms. The van der Waals surface area contributed by atoms with Crippen LogP contribution in [0, 0.1) is 16.0 Å². The van der Waals surface area contributed by atoms with Crippen molar-refractivity contribution in [3.8, 4) is 5.75 Å². The number of ether oxygens (including phenoxy) is 1. The molecular formula is C13H19NO4S. The van der Waals surface area contributed by atoms with E-state index in [4.69, 9.17) is 9.84 Å². The smallest absolute Gasteiger partial charge is 0.274 e. The Morgan fingerprint density at radius 3 is 2.58 bits per heavy atom. The van der Waals surface area contributed by atoms with Crippen LogP contribution in [0.1, 0.15) is 20.8 Å². The van der Waals surface area contributed by atoms with Gasteiger partial charge in [-0.1, -0.05) is 6.92 Å². The van der Waals surface area contributed by atoms with Crippen LogP contribution in [-0.2, 0) is 0 Å². The number of aliphatic hydroxyl groups is 1. The Hall–Kier alpha value is -1.27. The summed E-state index contributed by atoms with van der Waals surface area (Å²) in [6.45, 7) is 5.78. The van der Waals surface area contributed by atoms with E-state index in [1.165, 1.54) is 23.9 Å². The molecular weight excluding hydrogens is 266 g/mol. The van der Waals surface area contributed by atoms with Crippen LogP contribution in [0.3, 0.4) is 0 Å². The van der Waals surface area contributed by atoms with E-state index in [2.05, 4.69) is 0 Å². The first-order valence-electron chi connectivity index (χ1n) is 6.12. The summed E-state index contributed by atoms with van der Waals surface area (Å²) in [6, 6.07) is 4.75. The lowest BCUT2D eigenvalue weighted by molar-refractivity contribution is -0.385. The van der Waals surface area contributed by atoms with Crippen LogP contribution >= 0.6 is 11.8 Å². The first kappa shape index (κ1) is 15.8. The zero-order chi connectivity index (χ0) is 14.4. The molecule has 0 aliphatic heterocycles. The zero-order valence-corrected chi connectivity index (χ0v) is 12.1. The number of hydrogen-bond acceptors (Lipinski definition) is 5. The summed E-state index contributed by atoms with van der Waals surface area (Å²) < 4.78 is 5.51. The van der Waals surface area contributed by atoms with Crippen molar-refractivity contribution in [1.29, 1.82) is 0 Å². The van der Waals surface area contributed by atoms with Gasteiger partial charge in [0.25, 0.3) is 5.69 Å². The normalized spacial score (nSPS) is 12.5. The summed E-state index contributed by atoms with van der Waals surface area (Å²) in [5.74, 6) is 1.36. The van der Waals surface area contributed by atoms with E-state index in [-0.39, 0.29) is 24.3 Å². The van der Waals surface area contributed by atoms with E-state index in [1.54, 1.807) is 6.07 Å². The topological polar surface area (TPSA) is 72.6 Å². The fraction of sp³-hybridized carbons (Fsp3) is 0.538. The monoisotopic (exact) mass is 285 g/mol. The second kappa shape index (κ2) is 7.35. The average molecular weight is 285 g/mol. The van der Waals surface area contributed by atoms with E-state index >= 15 is 0 Å². The highest BCUT2D eigenvalue weighted by Gasteiger charge is 2.12. The highest BCUT2D eigenvalue weighted by Crippen LogP contribution is 2.30. The molecule has 5 nitrogen and oxygen atoms in total. The predicted molar refractivity (Wildman–Crippen MR) is 75.8 cm³/mol. The zero-order valence-electron chi connectivity index (χ0n) is 11.3. The van der Waals surface area contributed by atoms with Crippen molar-refractivity contribution in [2.45, 2.75) is 31.8 Å². The van der Waals surface area contributed by atoms with Crippen LogP contribution in [0.2, 0.25) is 0 Å². The van der Waals surface area contributed by atoms with Gasteiger partial charge in [0, 0.05) is 23.3 Å². The molecule has 1 rings (SSSR count). The van der Waals surface area contributed by atoms with Gasteiger partial charge in [0.1, 0.15) is 5.75 Å². The number of nitro benzene ring substituents is 1. The fourth-order valence-electron chi connectivity index (χ4n) is 1.38. The van der Waals surface area contributed by atoms with Gasteiger partial charge in [-0.3, -0.25) is 10.1 Å². The lowest BCUT2D eigenvalue weighted by Crippen LogP contribution is -2.06. The van der Waals surface area contributed by atoms with Gasteiger partial charge < -0.3 is 9.84 Å². The molecule has 0 saturated heterocycles. The standard InChI is InChI=1S/C13H19NO4S/c1-9(2)18-12-4-11(14(16)17)5-13(6-12)19-8-10(3)7-15/h4-6,9-10,15H,7-8H2,1-3H3. The average Bonchev–Trinajstić information content (AvgIpc) is 2.34. The first-order chi connectivity index (χ1) is 8.92. The molecule has 106 valence electrons. The molecule has 0 amide bonds. The minimum atomic E-state index is -0.424. The molecule has 0 fully saturated rings. The maximum atomic E-state index is 10.9. The Morgan fingerprint density at radius 1 is 1.37 bits per heavy atom. The van der Waals surface area contributed by atoms with E-state index in [0.717, 1.165) is 4.90 Å². The van der Waals surface area contributed by atoms with Crippen LogP contribution in [0.5, 0.6) is 5.75 Å². The number of rotatable bonds is 7. The lowest BCUT2D eigenvalue weighted by atomic mass is 10.2. The summed E-state index contributed by atoms with van der Waals surface area (Å²) in [6.07, 6.45) is -0.0313. The summed E-state index contributed by atoms with van der Waals surface area (Å²) in [5, 5.41) is 19.9. The van der Waals surface area contributed by atoms with Crippen molar-refractivity contribution in [2.75, 3.05) is 12.4 Å². The molecule has 0 radical (unpaired) electrons. The Bertz CT molecular complexity index is 437. The SMILES string of the molecule is CC(CO)CSc1cc(OC(C)C)cc([N+](=O)[O-])c1. The minimum Gasteiger partial charge on any atom is -0.491 e. The maximum absolute atomic E-state index is 10.9. The number of nitrogens with zero attached hydrogens (tertiary/aromatic N) is 1. The second-order valence-corrected chi connectivity index (χ2v) is 5.78. The molecule has 0 aliphatic carbocycles. The maximum Gasteiger partial charge on any atom is 0.274 e. The van der Waals surface area contributed by atoms with E-state index < -0.39 is 4.92 Å². The third-order valence-electron chi connectivity index (χ3n) is 2.29. The summed E-state index contributed by atoms with van der Waals surface area (Å²) in [7, 11) is 0. The molecule has 1 aromatic rings. The third-order valence-corrected chi connectivity index (χ3v) is 3.60. The van der Waals surface area contributed by atoms with E-state index in [1.807, 2.05) is 20.8 Å². The van der Waals surface area contributed by atoms with Crippen molar-refractivity contribution >= 4 is 17.4 Å². The lowest BCUT2D eigenvalue weighted by Gasteiger charge is -2.12. The van der Waals surface area contributed by atoms with Crippen molar-refractivity contribution in [3.63, 3.8) is 0 Å². The highest BCUT2D eigenvalue weighted by molar-refractivity contribution is 7.99. The molecule has 0 aromatic heterocycles. The first-order valence-corrected chi connectivity index (χ1v) is 7.10. The molecule has 6 heteroatoms. The molecule has 19 heavy (non-hydrogen) atoms. The Morgan fingerprint density at radius 2 is 2.05 bits per heavy atom. The second-order valence-electron chi connectivity index (χ2n) is 4.69. The van der Waals surface area contributed by atoms with Gasteiger partial charge in [0.15, 0.2) is 0 Å². The summed E-state index contributed by atoms with van der Waals surface area (Å²) >= 11 is 1.48. The van der Waals surface area contributed by atoms with Crippen molar-refractivity contribution in [2.24, 2.45) is 5.92 Å². The molecule has 1 N–H and O–H groups in total. The Labute approximate surface area is 117 Å². The van der Waals surface area contributed by atoms with Crippen LogP contribution < -0.4 is 4.74 Å². The molecule has 1 atom stereocenters. The Balaban J connectivity index is 2.89. The highest BCUT2D eigenvalue weighted by atomic mass is 32.2. The Kier molecular flexibility index (Phi) is 6.11. The van der Waals surface area contributed by atoms with Crippen molar-refractivity contribution < 1.29 is 14.8 Å². The van der Waals surface area contributed by atoms with Crippen LogP contribution in [0.25, 0.3) is 0 Å². The van der Waals surface area contributed by atoms with Gasteiger partial charge >= 0.3 is 0 Å². The van der Waals surface area contributed by atoms with E-state index in [9.17, 15) is 10.1 Å². The summed E-state index contributed by atoms with van der Waals surface area (Å²) in [5.41, 5.74) is 0.0253. The number of thioether (sulfide) groups is 1. The van der Waals surface area contributed by atoms with Gasteiger partial charge in [0.05, 0.1) is 17.1 Å². The fourth-order valence-corrected chi connectivity index (χ4v) is 2.36. The number of benzene rings is 1. The molecule has 1 aromatic carbocycles. The molecule has 0 aliphatic rings. The summed E-state index contributed by atoms with van der Waals surface area (Å²) in [4.78, 5) is 11.2. The van der Waals surface area contributed by atoms with Crippen LogP contribution in [-0.4, -0.2) is 28.5 Å². The molecule has 0 heterocycles. The number of nitro groups is 1. The molecule has 0 bridgehead atoms. The van der Waals surface area contributed by atoms with Gasteiger partial charge in [-0.05, 0) is 25.8 Å². The molecule has 0 saturated carbocycles. The number of non-ortho nitro benzene ring substituents is 1. The largest absolute Gasteiger partial charge is 0.491 e. The van der Waals surface area contributed by atoms with Gasteiger partial charge in [-0.2, -0.15) is 0 Å². The third kappa shape index (κ3) is 5.48. The van der Waals surface area contributed by atoms with Gasteiger partial charge in [-0.25, -0.2) is 0 Å². The van der Waals surface area contributed by atoms with Gasteiger partial charge in [0.2, 0.25) is 0 Å². The van der Waals surface area contributed by atoms with Gasteiger partial charge in [-0.15, -0.1) is 11.8 Å². The minimum absolute atomic E-state index is 0.0253. The quantitative estimate of drug-likeness (QED) is 0.473. The van der Waals surface area contributed by atoms with Crippen molar-refractivity contribution in [3.05, 3.63) is 28.3 Å². The van der Waals surface area contributed by atoms with Crippen molar-refractivity contribution in [1.82, 2.24) is 0 Å². The van der Waals surface area contributed by atoms with E-state index in [0.29, 0.717) is 11.5 Å². The number of hydrogen-bond donors (Lipinski definition) is 1.